The second kappa shape index (κ2) is 3.74. The molecule has 0 radical (unpaired) electrons. The Kier molecular flexibility index (Phi) is 2.85. The number of methoxy groups -OCH3 is 1. The average Bonchev–Trinajstić information content (AvgIpc) is 2.51. The van der Waals surface area contributed by atoms with Crippen LogP contribution in [0.4, 0.5) is 0 Å². The van der Waals surface area contributed by atoms with E-state index in [-0.39, 0.29) is 0 Å². The predicted molar refractivity (Wildman–Crippen MR) is 62.9 cm³/mol. The van der Waals surface area contributed by atoms with Gasteiger partial charge in [0.15, 0.2) is 0 Å². The second-order valence-electron chi connectivity index (χ2n) is 6.11. The third kappa shape index (κ3) is 1.53. The second-order valence-corrected chi connectivity index (χ2v) is 6.11. The molecule has 2 aliphatic rings. The summed E-state index contributed by atoms with van der Waals surface area (Å²) in [4.78, 5) is 0. The molecule has 2 aliphatic carbocycles. The molecule has 0 saturated heterocycles. The normalized spacial score (nSPS) is 42.4. The van der Waals surface area contributed by atoms with Gasteiger partial charge in [0.1, 0.15) is 0 Å². The van der Waals surface area contributed by atoms with Gasteiger partial charge < -0.3 is 10.1 Å². The van der Waals surface area contributed by atoms with Gasteiger partial charge in [-0.3, -0.25) is 0 Å². The summed E-state index contributed by atoms with van der Waals surface area (Å²) in [6, 6.07) is 0.710. The van der Waals surface area contributed by atoms with Crippen LogP contribution >= 0.6 is 0 Å². The molecule has 0 aromatic rings. The van der Waals surface area contributed by atoms with Crippen LogP contribution in [-0.4, -0.2) is 26.3 Å². The van der Waals surface area contributed by atoms with Gasteiger partial charge in [0.25, 0.3) is 0 Å². The highest BCUT2D eigenvalue weighted by molar-refractivity contribution is 5.12. The van der Waals surface area contributed by atoms with E-state index in [0.29, 0.717) is 16.9 Å². The van der Waals surface area contributed by atoms with E-state index in [1.807, 2.05) is 0 Å². The quantitative estimate of drug-likeness (QED) is 0.721. The number of rotatable bonds is 4. The molecule has 0 amide bonds. The minimum Gasteiger partial charge on any atom is -0.383 e. The summed E-state index contributed by atoms with van der Waals surface area (Å²) in [5.41, 5.74) is 1.03. The molecule has 1 N–H and O–H groups in total. The molecule has 0 spiro atoms. The summed E-state index contributed by atoms with van der Waals surface area (Å²) in [7, 11) is 1.77. The number of nitrogens with one attached hydrogen (secondary N) is 1. The van der Waals surface area contributed by atoms with Crippen molar-refractivity contribution in [1.82, 2.24) is 5.32 Å². The fourth-order valence-electron chi connectivity index (χ4n) is 3.85. The van der Waals surface area contributed by atoms with E-state index in [1.54, 1.807) is 7.11 Å². The fraction of sp³-hybridized carbons (Fsp3) is 1.00. The van der Waals surface area contributed by atoms with Gasteiger partial charge in [-0.2, -0.15) is 0 Å². The lowest BCUT2D eigenvalue weighted by Crippen LogP contribution is -2.45. The maximum Gasteiger partial charge on any atom is 0.0587 e. The number of ether oxygens (including phenoxy) is 1. The third-order valence-corrected chi connectivity index (χ3v) is 5.49. The fourth-order valence-corrected chi connectivity index (χ4v) is 3.85. The zero-order chi connectivity index (χ0) is 11.1. The van der Waals surface area contributed by atoms with Gasteiger partial charge in [-0.05, 0) is 36.0 Å². The van der Waals surface area contributed by atoms with Crippen molar-refractivity contribution < 1.29 is 4.74 Å². The molecular formula is C13H25NO. The highest BCUT2D eigenvalue weighted by Gasteiger charge is 2.60. The molecule has 2 rings (SSSR count). The van der Waals surface area contributed by atoms with Crippen LogP contribution < -0.4 is 5.32 Å². The molecule has 0 unspecified atom stereocenters. The first-order chi connectivity index (χ1) is 7.02. The molecule has 88 valence electrons. The van der Waals surface area contributed by atoms with E-state index >= 15 is 0 Å². The molecule has 2 nitrogen and oxygen atoms in total. The van der Waals surface area contributed by atoms with Gasteiger partial charge in [-0.15, -0.1) is 0 Å². The Bertz CT molecular complexity index is 239. The lowest BCUT2D eigenvalue weighted by Gasteiger charge is -2.39. The monoisotopic (exact) mass is 211 g/mol. The largest absolute Gasteiger partial charge is 0.383 e. The molecule has 0 heterocycles. The zero-order valence-electron chi connectivity index (χ0n) is 10.6. The maximum absolute atomic E-state index is 5.10. The number of fused-ring (bicyclic) bond motifs is 2. The maximum atomic E-state index is 5.10. The molecule has 2 saturated carbocycles. The van der Waals surface area contributed by atoms with Crippen molar-refractivity contribution in [3.8, 4) is 0 Å². The Morgan fingerprint density at radius 2 is 2.07 bits per heavy atom. The van der Waals surface area contributed by atoms with Crippen molar-refractivity contribution >= 4 is 0 Å². The first-order valence-electron chi connectivity index (χ1n) is 6.24. The van der Waals surface area contributed by atoms with Crippen LogP contribution in [0.15, 0.2) is 0 Å². The molecule has 3 atom stereocenters. The van der Waals surface area contributed by atoms with Gasteiger partial charge in [0.05, 0.1) is 6.61 Å². The van der Waals surface area contributed by atoms with Crippen LogP contribution in [0.1, 0.15) is 40.0 Å². The van der Waals surface area contributed by atoms with E-state index in [0.717, 1.165) is 19.1 Å². The van der Waals surface area contributed by atoms with E-state index in [4.69, 9.17) is 4.74 Å². The zero-order valence-corrected chi connectivity index (χ0v) is 10.6. The van der Waals surface area contributed by atoms with Gasteiger partial charge >= 0.3 is 0 Å². The van der Waals surface area contributed by atoms with Crippen molar-refractivity contribution in [2.24, 2.45) is 16.7 Å². The Labute approximate surface area is 93.8 Å². The molecule has 0 aliphatic heterocycles. The van der Waals surface area contributed by atoms with Crippen LogP contribution in [-0.2, 0) is 4.74 Å². The Morgan fingerprint density at radius 3 is 2.53 bits per heavy atom. The predicted octanol–water partition coefficient (Wildman–Crippen LogP) is 2.44. The first kappa shape index (κ1) is 11.4. The van der Waals surface area contributed by atoms with E-state index in [1.165, 1.54) is 19.3 Å². The first-order valence-corrected chi connectivity index (χ1v) is 6.24. The minimum absolute atomic E-state index is 0.505. The van der Waals surface area contributed by atoms with E-state index < -0.39 is 0 Å². The Balaban J connectivity index is 1.99. The lowest BCUT2D eigenvalue weighted by molar-refractivity contribution is 0.114. The smallest absolute Gasteiger partial charge is 0.0587 e. The Morgan fingerprint density at radius 1 is 1.33 bits per heavy atom. The standard InChI is InChI=1S/C13H25NO/c1-12(2)10-5-6-13(12,3)11(9-10)14-7-8-15-4/h10-11,14H,5-9H2,1-4H3/t10-,11+,13+/m0/s1. The van der Waals surface area contributed by atoms with Gasteiger partial charge in [-0.25, -0.2) is 0 Å². The van der Waals surface area contributed by atoms with Crippen LogP contribution in [0, 0.1) is 16.7 Å². The molecule has 2 bridgehead atoms. The molecule has 0 aromatic heterocycles. The van der Waals surface area contributed by atoms with E-state index in [2.05, 4.69) is 26.1 Å². The minimum atomic E-state index is 0.505. The van der Waals surface area contributed by atoms with Crippen LogP contribution in [0.3, 0.4) is 0 Å². The van der Waals surface area contributed by atoms with Crippen LogP contribution in [0.2, 0.25) is 0 Å². The third-order valence-electron chi connectivity index (χ3n) is 5.49. The number of hydrogen-bond donors (Lipinski definition) is 1. The summed E-state index contributed by atoms with van der Waals surface area (Å²) in [6.45, 7) is 9.23. The summed E-state index contributed by atoms with van der Waals surface area (Å²) in [5, 5.41) is 3.69. The SMILES string of the molecule is COCCN[C@@H]1C[C@@H]2CC[C@@]1(C)C2(C)C. The molecular weight excluding hydrogens is 186 g/mol. The van der Waals surface area contributed by atoms with Crippen LogP contribution in [0.25, 0.3) is 0 Å². The van der Waals surface area contributed by atoms with E-state index in [9.17, 15) is 0 Å². The lowest BCUT2D eigenvalue weighted by atomic mass is 9.69. The van der Waals surface area contributed by atoms with Crippen molar-refractivity contribution in [1.29, 1.82) is 0 Å². The number of hydrogen-bond acceptors (Lipinski definition) is 2. The average molecular weight is 211 g/mol. The Hall–Kier alpha value is -0.0800. The van der Waals surface area contributed by atoms with Crippen molar-refractivity contribution in [3.05, 3.63) is 0 Å². The highest BCUT2D eigenvalue weighted by atomic mass is 16.5. The molecule has 0 aromatic carbocycles. The molecule has 15 heavy (non-hydrogen) atoms. The summed E-state index contributed by atoms with van der Waals surface area (Å²) in [5.74, 6) is 0.933. The summed E-state index contributed by atoms with van der Waals surface area (Å²) < 4.78 is 5.10. The van der Waals surface area contributed by atoms with Gasteiger partial charge in [0, 0.05) is 19.7 Å². The topological polar surface area (TPSA) is 21.3 Å². The van der Waals surface area contributed by atoms with Crippen LogP contribution in [0.5, 0.6) is 0 Å². The molecule has 2 heteroatoms. The highest BCUT2D eigenvalue weighted by Crippen LogP contribution is 2.65. The summed E-state index contributed by atoms with van der Waals surface area (Å²) in [6.07, 6.45) is 4.20. The molecule has 2 fully saturated rings. The van der Waals surface area contributed by atoms with Crippen molar-refractivity contribution in [3.63, 3.8) is 0 Å². The van der Waals surface area contributed by atoms with Crippen molar-refractivity contribution in [2.45, 2.75) is 46.1 Å². The van der Waals surface area contributed by atoms with Gasteiger partial charge in [-0.1, -0.05) is 20.8 Å². The van der Waals surface area contributed by atoms with Gasteiger partial charge in [0.2, 0.25) is 0 Å². The summed E-state index contributed by atoms with van der Waals surface area (Å²) >= 11 is 0. The van der Waals surface area contributed by atoms with Crippen molar-refractivity contribution in [2.75, 3.05) is 20.3 Å².